The quantitative estimate of drug-likeness (QED) is 0.703. The van der Waals surface area contributed by atoms with Crippen molar-refractivity contribution < 1.29 is 17.9 Å². The summed E-state index contributed by atoms with van der Waals surface area (Å²) in [5.74, 6) is 0.690. The van der Waals surface area contributed by atoms with E-state index in [1.165, 1.54) is 4.31 Å². The third-order valence-electron chi connectivity index (χ3n) is 6.38. The lowest BCUT2D eigenvalue weighted by atomic mass is 10.2. The van der Waals surface area contributed by atoms with Crippen molar-refractivity contribution in [1.29, 1.82) is 0 Å². The summed E-state index contributed by atoms with van der Waals surface area (Å²) in [6.07, 6.45) is 2.00. The van der Waals surface area contributed by atoms with E-state index in [9.17, 15) is 13.2 Å². The van der Waals surface area contributed by atoms with Gasteiger partial charge in [-0.05, 0) is 38.0 Å². The Bertz CT molecular complexity index is 1070. The highest BCUT2D eigenvalue weighted by atomic mass is 32.2. The minimum absolute atomic E-state index is 0.0904. The molecule has 0 N–H and O–H groups in total. The lowest BCUT2D eigenvalue weighted by Gasteiger charge is -2.35. The van der Waals surface area contributed by atoms with Crippen molar-refractivity contribution in [2.24, 2.45) is 7.05 Å². The first-order valence-corrected chi connectivity index (χ1v) is 12.1. The number of rotatable bonds is 5. The van der Waals surface area contributed by atoms with Crippen molar-refractivity contribution in [2.45, 2.75) is 24.7 Å². The highest BCUT2D eigenvalue weighted by Crippen LogP contribution is 2.27. The third-order valence-corrected chi connectivity index (χ3v) is 8.39. The van der Waals surface area contributed by atoms with E-state index >= 15 is 0 Å². The van der Waals surface area contributed by atoms with Crippen LogP contribution in [0.25, 0.3) is 0 Å². The van der Waals surface area contributed by atoms with E-state index in [4.69, 9.17) is 4.74 Å². The molecule has 0 saturated carbocycles. The first kappa shape index (κ1) is 21.7. The van der Waals surface area contributed by atoms with Crippen molar-refractivity contribution in [3.8, 4) is 5.75 Å². The van der Waals surface area contributed by atoms with Crippen molar-refractivity contribution in [3.63, 3.8) is 0 Å². The molecule has 3 heterocycles. The van der Waals surface area contributed by atoms with Gasteiger partial charge in [0, 0.05) is 63.8 Å². The number of carbonyl (C=O) groups excluding carboxylic acids is 1. The second-order valence-electron chi connectivity index (χ2n) is 8.13. The fourth-order valence-electron chi connectivity index (χ4n) is 4.35. The van der Waals surface area contributed by atoms with E-state index < -0.39 is 10.0 Å². The first-order valence-electron chi connectivity index (χ1n) is 10.7. The van der Waals surface area contributed by atoms with Gasteiger partial charge in [-0.1, -0.05) is 6.07 Å². The summed E-state index contributed by atoms with van der Waals surface area (Å²) in [4.78, 5) is 17.1. The molecule has 0 aliphatic carbocycles. The van der Waals surface area contributed by atoms with Gasteiger partial charge >= 0.3 is 0 Å². The number of nitrogens with zero attached hydrogens (tertiary/aromatic N) is 4. The summed E-state index contributed by atoms with van der Waals surface area (Å²) < 4.78 is 35.3. The monoisotopic (exact) mass is 446 g/mol. The summed E-state index contributed by atoms with van der Waals surface area (Å²) >= 11 is 0. The average molecular weight is 447 g/mol. The Labute approximate surface area is 184 Å². The third kappa shape index (κ3) is 4.04. The fourth-order valence-corrected chi connectivity index (χ4v) is 6.05. The number of piperazine rings is 1. The molecule has 1 aromatic heterocycles. The molecule has 0 radical (unpaired) electrons. The molecule has 0 unspecified atom stereocenters. The predicted molar refractivity (Wildman–Crippen MR) is 119 cm³/mol. The van der Waals surface area contributed by atoms with E-state index in [1.54, 1.807) is 36.6 Å². The molecule has 1 aromatic carbocycles. The Morgan fingerprint density at radius 3 is 2.32 bits per heavy atom. The van der Waals surface area contributed by atoms with E-state index in [2.05, 4.69) is 4.90 Å². The van der Waals surface area contributed by atoms with Gasteiger partial charge in [-0.3, -0.25) is 4.79 Å². The SMILES string of the molecule is COc1cccc(N2CCN(S(=O)(=O)c3cc(C(=O)N4CCCC4)n(C)c3C)CC2)c1. The van der Waals surface area contributed by atoms with Crippen LogP contribution in [0.3, 0.4) is 0 Å². The van der Waals surface area contributed by atoms with Crippen LogP contribution in [0.15, 0.2) is 35.2 Å². The second-order valence-corrected chi connectivity index (χ2v) is 10.0. The minimum Gasteiger partial charge on any atom is -0.497 e. The lowest BCUT2D eigenvalue weighted by Crippen LogP contribution is -2.48. The average Bonchev–Trinajstić information content (AvgIpc) is 3.43. The standard InChI is InChI=1S/C22H30N4O4S/c1-17-21(16-20(23(17)2)22(27)25-9-4-5-10-25)31(28,29)26-13-11-24(12-14-26)18-7-6-8-19(15-18)30-3/h6-8,15-16H,4-5,9-14H2,1-3H3. The molecule has 2 saturated heterocycles. The summed E-state index contributed by atoms with van der Waals surface area (Å²) in [6.45, 7) is 5.21. The normalized spacial score (nSPS) is 17.9. The molecule has 2 aliphatic rings. The molecule has 9 heteroatoms. The molecule has 2 aromatic rings. The van der Waals surface area contributed by atoms with Crippen LogP contribution in [-0.4, -0.2) is 74.5 Å². The highest BCUT2D eigenvalue weighted by Gasteiger charge is 2.33. The van der Waals surface area contributed by atoms with Crippen LogP contribution in [-0.2, 0) is 17.1 Å². The van der Waals surface area contributed by atoms with Crippen LogP contribution < -0.4 is 9.64 Å². The maximum Gasteiger partial charge on any atom is 0.270 e. The van der Waals surface area contributed by atoms with Gasteiger partial charge in [-0.25, -0.2) is 8.42 Å². The number of aromatic nitrogens is 1. The smallest absolute Gasteiger partial charge is 0.270 e. The van der Waals surface area contributed by atoms with Gasteiger partial charge < -0.3 is 19.1 Å². The molecule has 31 heavy (non-hydrogen) atoms. The van der Waals surface area contributed by atoms with E-state index in [-0.39, 0.29) is 10.8 Å². The zero-order chi connectivity index (χ0) is 22.2. The molecule has 2 aliphatic heterocycles. The number of carbonyl (C=O) groups is 1. The van der Waals surface area contributed by atoms with Crippen molar-refractivity contribution in [2.75, 3.05) is 51.3 Å². The van der Waals surface area contributed by atoms with E-state index in [1.807, 2.05) is 24.3 Å². The molecule has 4 rings (SSSR count). The van der Waals surface area contributed by atoms with Gasteiger partial charge in [0.15, 0.2) is 0 Å². The van der Waals surface area contributed by atoms with Crippen LogP contribution in [0.4, 0.5) is 5.69 Å². The molecule has 0 spiro atoms. The molecular formula is C22H30N4O4S. The Kier molecular flexibility index (Phi) is 5.98. The predicted octanol–water partition coefficient (Wildman–Crippen LogP) is 2.09. The van der Waals surface area contributed by atoms with Crippen LogP contribution in [0.1, 0.15) is 29.0 Å². The number of benzene rings is 1. The summed E-state index contributed by atoms with van der Waals surface area (Å²) in [5.41, 5.74) is 2.05. The van der Waals surface area contributed by atoms with Gasteiger partial charge in [0.1, 0.15) is 16.3 Å². The van der Waals surface area contributed by atoms with Gasteiger partial charge in [-0.2, -0.15) is 4.31 Å². The molecule has 0 atom stereocenters. The lowest BCUT2D eigenvalue weighted by molar-refractivity contribution is 0.0783. The zero-order valence-electron chi connectivity index (χ0n) is 18.4. The highest BCUT2D eigenvalue weighted by molar-refractivity contribution is 7.89. The summed E-state index contributed by atoms with van der Waals surface area (Å²) in [7, 11) is -0.284. The van der Waals surface area contributed by atoms with Gasteiger partial charge in [0.05, 0.1) is 7.11 Å². The molecular weight excluding hydrogens is 416 g/mol. The molecule has 2 fully saturated rings. The van der Waals surface area contributed by atoms with Crippen LogP contribution in [0.2, 0.25) is 0 Å². The Balaban J connectivity index is 1.51. The van der Waals surface area contributed by atoms with Crippen molar-refractivity contribution >= 4 is 21.6 Å². The number of amides is 1. The second kappa shape index (κ2) is 8.55. The molecule has 8 nitrogen and oxygen atoms in total. The van der Waals surface area contributed by atoms with Crippen LogP contribution in [0, 0.1) is 6.92 Å². The number of anilines is 1. The van der Waals surface area contributed by atoms with Crippen molar-refractivity contribution in [1.82, 2.24) is 13.8 Å². The number of ether oxygens (including phenoxy) is 1. The number of hydrogen-bond donors (Lipinski definition) is 0. The molecule has 1 amide bonds. The maximum absolute atomic E-state index is 13.4. The minimum atomic E-state index is -3.68. The Morgan fingerprint density at radius 1 is 1.00 bits per heavy atom. The summed E-state index contributed by atoms with van der Waals surface area (Å²) in [6, 6.07) is 9.35. The van der Waals surface area contributed by atoms with Crippen LogP contribution in [0.5, 0.6) is 5.75 Å². The van der Waals surface area contributed by atoms with E-state index in [0.717, 1.165) is 37.4 Å². The first-order chi connectivity index (χ1) is 14.8. The molecule has 0 bridgehead atoms. The molecule has 168 valence electrons. The number of methoxy groups -OCH3 is 1. The Morgan fingerprint density at radius 2 is 1.68 bits per heavy atom. The Hall–Kier alpha value is -2.52. The topological polar surface area (TPSA) is 75.1 Å². The summed E-state index contributed by atoms with van der Waals surface area (Å²) in [5, 5.41) is 0. The van der Waals surface area contributed by atoms with Gasteiger partial charge in [0.25, 0.3) is 5.91 Å². The largest absolute Gasteiger partial charge is 0.497 e. The maximum atomic E-state index is 13.4. The number of likely N-dealkylation sites (tertiary alicyclic amines) is 1. The zero-order valence-corrected chi connectivity index (χ0v) is 19.2. The fraction of sp³-hybridized carbons (Fsp3) is 0.500. The number of sulfonamides is 1. The van der Waals surface area contributed by atoms with Gasteiger partial charge in [0.2, 0.25) is 10.0 Å². The van der Waals surface area contributed by atoms with Crippen LogP contribution >= 0.6 is 0 Å². The van der Waals surface area contributed by atoms with Crippen molar-refractivity contribution in [3.05, 3.63) is 41.7 Å². The number of hydrogen-bond acceptors (Lipinski definition) is 5. The van der Waals surface area contributed by atoms with E-state index in [0.29, 0.717) is 37.6 Å². The van der Waals surface area contributed by atoms with Gasteiger partial charge in [-0.15, -0.1) is 0 Å².